The fourth-order valence-electron chi connectivity index (χ4n) is 2.35. The minimum atomic E-state index is -0.881. The van der Waals surface area contributed by atoms with E-state index in [2.05, 4.69) is 32.2 Å². The molecule has 1 atom stereocenters. The van der Waals surface area contributed by atoms with Crippen molar-refractivity contribution in [2.45, 2.75) is 32.3 Å². The Kier molecular flexibility index (Phi) is 6.31. The molecule has 0 aliphatic carbocycles. The van der Waals surface area contributed by atoms with Crippen LogP contribution in [-0.4, -0.2) is 37.4 Å². The first kappa shape index (κ1) is 13.9. The Bertz CT molecular complexity index is 211. The van der Waals surface area contributed by atoms with Crippen molar-refractivity contribution < 1.29 is 4.74 Å². The van der Waals surface area contributed by atoms with Gasteiger partial charge in [0.15, 0.2) is 0 Å². The summed E-state index contributed by atoms with van der Waals surface area (Å²) in [5, 5.41) is 0. The zero-order chi connectivity index (χ0) is 11.9. The van der Waals surface area contributed by atoms with E-state index in [-0.39, 0.29) is 0 Å². The Hall–Kier alpha value is -0.130. The normalized spacial score (nSPS) is 19.4. The Balaban J connectivity index is 2.51. The molecule has 0 saturated carbocycles. The highest BCUT2D eigenvalue weighted by atomic mass is 31.2. The highest BCUT2D eigenvalue weighted by molar-refractivity contribution is 7.76. The summed E-state index contributed by atoms with van der Waals surface area (Å²) in [6.07, 6.45) is 14.0. The van der Waals surface area contributed by atoms with Gasteiger partial charge in [0.2, 0.25) is 0 Å². The fourth-order valence-corrected chi connectivity index (χ4v) is 6.41. The van der Waals surface area contributed by atoms with Gasteiger partial charge in [-0.2, -0.15) is 0 Å². The third-order valence-electron chi connectivity index (χ3n) is 3.26. The predicted molar refractivity (Wildman–Crippen MR) is 76.0 cm³/mol. The Morgan fingerprint density at radius 3 is 2.31 bits per heavy atom. The number of rotatable bonds is 10. The van der Waals surface area contributed by atoms with E-state index in [9.17, 15) is 0 Å². The van der Waals surface area contributed by atoms with Crippen LogP contribution < -0.4 is 0 Å². The molecule has 1 fully saturated rings. The van der Waals surface area contributed by atoms with Gasteiger partial charge in [-0.1, -0.05) is 45.1 Å². The van der Waals surface area contributed by atoms with Crippen LogP contribution >= 0.6 is 7.26 Å². The fraction of sp³-hybridized carbons (Fsp3) is 0.714. The zero-order valence-electron chi connectivity index (χ0n) is 10.7. The van der Waals surface area contributed by atoms with Gasteiger partial charge < -0.3 is 4.74 Å². The third kappa shape index (κ3) is 4.80. The topological polar surface area (TPSA) is 12.5 Å². The lowest BCUT2D eigenvalue weighted by atomic mass is 10.3. The highest BCUT2D eigenvalue weighted by Crippen LogP contribution is 2.61. The van der Waals surface area contributed by atoms with Gasteiger partial charge in [-0.3, -0.25) is 0 Å². The van der Waals surface area contributed by atoms with Gasteiger partial charge >= 0.3 is 0 Å². The number of allylic oxidation sites excluding steroid dienone is 2. The molecule has 1 rings (SSSR count). The molecule has 0 aromatic carbocycles. The van der Waals surface area contributed by atoms with Crippen LogP contribution in [0, 0.1) is 0 Å². The van der Waals surface area contributed by atoms with E-state index in [4.69, 9.17) is 4.74 Å². The third-order valence-corrected chi connectivity index (χ3v) is 7.77. The van der Waals surface area contributed by atoms with Crippen LogP contribution in [0.3, 0.4) is 0 Å². The number of hydrogen-bond acceptors (Lipinski definition) is 1. The second-order valence-electron chi connectivity index (χ2n) is 4.85. The lowest BCUT2D eigenvalue weighted by molar-refractivity contribution is 0.424. The molecule has 0 aromatic heterocycles. The first-order chi connectivity index (χ1) is 7.76. The van der Waals surface area contributed by atoms with Crippen LogP contribution in [0.4, 0.5) is 0 Å². The van der Waals surface area contributed by atoms with E-state index in [1.54, 1.807) is 0 Å². The quantitative estimate of drug-likeness (QED) is 0.244. The number of epoxide rings is 1. The first-order valence-electron chi connectivity index (χ1n) is 6.45. The van der Waals surface area contributed by atoms with E-state index >= 15 is 0 Å². The largest absolute Gasteiger partial charge is 0.369 e. The average molecular weight is 241 g/mol. The number of ether oxygens (including phenoxy) is 1. The van der Waals surface area contributed by atoms with Crippen LogP contribution in [0.5, 0.6) is 0 Å². The van der Waals surface area contributed by atoms with Crippen LogP contribution in [0.15, 0.2) is 25.3 Å². The Morgan fingerprint density at radius 1 is 1.25 bits per heavy atom. The summed E-state index contributed by atoms with van der Waals surface area (Å²) in [6.45, 7) is 11.1. The number of unbranched alkanes of at least 4 members (excludes halogenated alkanes) is 2. The molecule has 1 saturated heterocycles. The van der Waals surface area contributed by atoms with Crippen molar-refractivity contribution in [1.29, 1.82) is 0 Å². The molecule has 0 N–H and O–H groups in total. The van der Waals surface area contributed by atoms with Crippen LogP contribution in [0.2, 0.25) is 0 Å². The maximum absolute atomic E-state index is 5.42. The zero-order valence-corrected chi connectivity index (χ0v) is 11.6. The van der Waals surface area contributed by atoms with E-state index < -0.39 is 7.26 Å². The second kappa shape index (κ2) is 7.25. The smallest absolute Gasteiger partial charge is 0.114 e. The molecule has 1 heterocycles. The molecule has 1 aliphatic heterocycles. The van der Waals surface area contributed by atoms with Crippen molar-refractivity contribution in [2.24, 2.45) is 0 Å². The van der Waals surface area contributed by atoms with Crippen molar-refractivity contribution in [3.63, 3.8) is 0 Å². The van der Waals surface area contributed by atoms with E-state index in [0.717, 1.165) is 6.61 Å². The van der Waals surface area contributed by atoms with Crippen molar-refractivity contribution in [1.82, 2.24) is 0 Å². The van der Waals surface area contributed by atoms with E-state index in [1.165, 1.54) is 43.9 Å². The maximum atomic E-state index is 5.42. The summed E-state index contributed by atoms with van der Waals surface area (Å²) >= 11 is 0. The Morgan fingerprint density at radius 2 is 1.88 bits per heavy atom. The molecule has 2 heteroatoms. The molecule has 0 aromatic rings. The van der Waals surface area contributed by atoms with Crippen molar-refractivity contribution in [3.8, 4) is 0 Å². The molecule has 0 bridgehead atoms. The summed E-state index contributed by atoms with van der Waals surface area (Å²) < 4.78 is 5.42. The van der Waals surface area contributed by atoms with Crippen LogP contribution in [0.1, 0.15) is 26.2 Å². The van der Waals surface area contributed by atoms with Gasteiger partial charge in [-0.25, -0.2) is 0 Å². The second-order valence-corrected chi connectivity index (χ2v) is 9.08. The molecule has 1 unspecified atom stereocenters. The summed E-state index contributed by atoms with van der Waals surface area (Å²) in [4.78, 5) is 0. The van der Waals surface area contributed by atoms with Crippen LogP contribution in [0.25, 0.3) is 0 Å². The highest BCUT2D eigenvalue weighted by Gasteiger charge is 2.41. The summed E-state index contributed by atoms with van der Waals surface area (Å²) in [7, 11) is -0.881. The van der Waals surface area contributed by atoms with Gasteiger partial charge in [-0.15, -0.1) is 0 Å². The summed E-state index contributed by atoms with van der Waals surface area (Å²) in [6, 6.07) is 0. The average Bonchev–Trinajstić information content (AvgIpc) is 3.03. The summed E-state index contributed by atoms with van der Waals surface area (Å²) in [5.74, 6) is 0. The molecule has 16 heavy (non-hydrogen) atoms. The molecule has 0 radical (unpaired) electrons. The molecular weight excluding hydrogens is 215 g/mol. The lowest BCUT2D eigenvalue weighted by Crippen LogP contribution is -2.13. The standard InChI is InChI=1S/C14H26OP/c1-4-7-8-11-16(9-5-2,10-6-3)13-14-12-15-14/h5-6,14H,2-4,7-13H2,1H3/q+1. The molecule has 1 aliphatic rings. The minimum absolute atomic E-state index is 0.565. The van der Waals surface area contributed by atoms with E-state index in [1.807, 2.05) is 0 Å². The minimum Gasteiger partial charge on any atom is -0.369 e. The number of hydrogen-bond donors (Lipinski definition) is 0. The van der Waals surface area contributed by atoms with E-state index in [0.29, 0.717) is 6.10 Å². The van der Waals surface area contributed by atoms with Crippen molar-refractivity contribution in [3.05, 3.63) is 25.3 Å². The van der Waals surface area contributed by atoms with Gasteiger partial charge in [0.05, 0.1) is 31.3 Å². The van der Waals surface area contributed by atoms with Gasteiger partial charge in [0, 0.05) is 7.26 Å². The molecule has 0 spiro atoms. The molecule has 1 nitrogen and oxygen atoms in total. The Labute approximate surface area is 101 Å². The molecule has 92 valence electrons. The van der Waals surface area contributed by atoms with Gasteiger partial charge in [0.1, 0.15) is 6.10 Å². The summed E-state index contributed by atoms with van der Waals surface area (Å²) in [5.41, 5.74) is 0. The SMILES string of the molecule is C=CC[P+](CC=C)(CCCCC)CC1CO1. The lowest BCUT2D eigenvalue weighted by Gasteiger charge is -2.24. The predicted octanol–water partition coefficient (Wildman–Crippen LogP) is 3.97. The monoisotopic (exact) mass is 241 g/mol. The van der Waals surface area contributed by atoms with Crippen molar-refractivity contribution >= 4 is 7.26 Å². The molecular formula is C14H26OP+. The van der Waals surface area contributed by atoms with Gasteiger partial charge in [-0.05, 0) is 6.42 Å². The van der Waals surface area contributed by atoms with Crippen molar-refractivity contribution in [2.75, 3.05) is 31.3 Å². The van der Waals surface area contributed by atoms with Gasteiger partial charge in [0.25, 0.3) is 0 Å². The first-order valence-corrected chi connectivity index (χ1v) is 8.98. The maximum Gasteiger partial charge on any atom is 0.114 e. The molecule has 0 amide bonds. The van der Waals surface area contributed by atoms with Crippen LogP contribution in [-0.2, 0) is 4.74 Å².